The van der Waals surface area contributed by atoms with E-state index in [4.69, 9.17) is 20.3 Å². The van der Waals surface area contributed by atoms with Gasteiger partial charge in [0.05, 0.1) is 29.4 Å². The van der Waals surface area contributed by atoms with Gasteiger partial charge in [0, 0.05) is 6.07 Å². The average molecular weight is 486 g/mol. The van der Waals surface area contributed by atoms with E-state index in [0.717, 1.165) is 10.4 Å². The molecule has 3 aromatic carbocycles. The largest absolute Gasteiger partial charge is 0.497 e. The molecule has 0 unspecified atom stereocenters. The van der Waals surface area contributed by atoms with E-state index in [1.165, 1.54) is 31.4 Å². The van der Waals surface area contributed by atoms with Gasteiger partial charge in [0.2, 0.25) is 10.9 Å². The second kappa shape index (κ2) is 9.27. The van der Waals surface area contributed by atoms with Crippen LogP contribution >= 0.6 is 0 Å². The van der Waals surface area contributed by atoms with Crippen molar-refractivity contribution in [2.45, 2.75) is 0 Å². The van der Waals surface area contributed by atoms with E-state index >= 15 is 0 Å². The van der Waals surface area contributed by atoms with Gasteiger partial charge in [0.25, 0.3) is 0 Å². The number of nitrogen functional groups attached to an aromatic ring is 1. The molecule has 0 aliphatic carbocycles. The van der Waals surface area contributed by atoms with Gasteiger partial charge in [-0.2, -0.15) is 5.10 Å². The summed E-state index contributed by atoms with van der Waals surface area (Å²) in [5.74, 6) is -1.19. The number of fused-ring (bicyclic) bond motifs is 1. The number of ether oxygens (including phenoxy) is 2. The van der Waals surface area contributed by atoms with Crippen LogP contribution in [0.3, 0.4) is 0 Å². The molecule has 4 aromatic rings. The van der Waals surface area contributed by atoms with Crippen molar-refractivity contribution in [3.63, 3.8) is 0 Å². The lowest BCUT2D eigenvalue weighted by Crippen LogP contribution is -2.16. The van der Waals surface area contributed by atoms with Crippen molar-refractivity contribution in [2.24, 2.45) is 0 Å². The van der Waals surface area contributed by atoms with Crippen LogP contribution in [-0.4, -0.2) is 43.4 Å². The number of carboxylic acids is 1. The Bertz CT molecular complexity index is 1440. The van der Waals surface area contributed by atoms with Gasteiger partial charge in [-0.1, -0.05) is 12.1 Å². The Kier molecular flexibility index (Phi) is 6.23. The first-order chi connectivity index (χ1) is 16.3. The Balaban J connectivity index is 1.74. The van der Waals surface area contributed by atoms with Crippen LogP contribution < -0.4 is 19.5 Å². The van der Waals surface area contributed by atoms with E-state index in [9.17, 15) is 17.6 Å². The number of carbonyl (C=O) groups is 1. The van der Waals surface area contributed by atoms with Crippen LogP contribution in [-0.2, 0) is 15.7 Å². The molecule has 0 saturated carbocycles. The standard InChI is InChI=1S/C22H19FN4O6S/c1-32-15-6-7-16(23)18(10-15)27(34(30)31)14-4-2-12(3-5-14)13-8-17-21(22(24)26-25-17)19(9-13)33-11-20(28)29/h2-10,34H,11H2,1H3,(H,28,29)(H3,24,25,26). The van der Waals surface area contributed by atoms with Gasteiger partial charge < -0.3 is 20.3 Å². The number of anilines is 3. The summed E-state index contributed by atoms with van der Waals surface area (Å²) < 4.78 is 49.7. The number of aromatic amines is 1. The molecule has 0 radical (unpaired) electrons. The number of aliphatic carboxylic acids is 1. The molecule has 0 saturated heterocycles. The zero-order valence-electron chi connectivity index (χ0n) is 17.7. The molecule has 0 aliphatic rings. The maximum absolute atomic E-state index is 14.4. The van der Waals surface area contributed by atoms with Gasteiger partial charge in [0.1, 0.15) is 17.3 Å². The van der Waals surface area contributed by atoms with Crippen molar-refractivity contribution < 1.29 is 32.2 Å². The normalized spacial score (nSPS) is 11.0. The minimum atomic E-state index is -3.22. The molecule has 1 heterocycles. The fourth-order valence-corrected chi connectivity index (χ4v) is 4.11. The first kappa shape index (κ1) is 22.9. The van der Waals surface area contributed by atoms with Crippen LogP contribution in [0, 0.1) is 5.82 Å². The molecule has 1 aromatic heterocycles. The van der Waals surface area contributed by atoms with E-state index < -0.39 is 29.3 Å². The number of H-pyrrole nitrogens is 1. The third-order valence-corrected chi connectivity index (χ3v) is 5.77. The topological polar surface area (TPSA) is 148 Å². The zero-order chi connectivity index (χ0) is 24.4. The number of carboxylic acid groups (broad SMARTS) is 1. The zero-order valence-corrected chi connectivity index (χ0v) is 18.6. The molecule has 12 heteroatoms. The molecule has 176 valence electrons. The number of rotatable bonds is 8. The molecule has 0 atom stereocenters. The van der Waals surface area contributed by atoms with Gasteiger partial charge in [0.15, 0.2) is 12.4 Å². The second-order valence-electron chi connectivity index (χ2n) is 7.10. The summed E-state index contributed by atoms with van der Waals surface area (Å²) in [6.45, 7) is -0.570. The minimum absolute atomic E-state index is 0.160. The van der Waals surface area contributed by atoms with Crippen LogP contribution in [0.2, 0.25) is 0 Å². The summed E-state index contributed by atoms with van der Waals surface area (Å²) in [5, 5.41) is 16.1. The summed E-state index contributed by atoms with van der Waals surface area (Å²) in [6.07, 6.45) is 0. The van der Waals surface area contributed by atoms with E-state index in [0.29, 0.717) is 27.8 Å². The van der Waals surface area contributed by atoms with Crippen LogP contribution in [0.1, 0.15) is 0 Å². The maximum atomic E-state index is 14.4. The fourth-order valence-electron chi connectivity index (χ4n) is 3.46. The monoisotopic (exact) mass is 486 g/mol. The molecule has 34 heavy (non-hydrogen) atoms. The van der Waals surface area contributed by atoms with Crippen molar-refractivity contribution in [3.8, 4) is 22.6 Å². The molecule has 0 spiro atoms. The van der Waals surface area contributed by atoms with Crippen LogP contribution in [0.4, 0.5) is 21.6 Å². The van der Waals surface area contributed by atoms with E-state index in [2.05, 4.69) is 10.2 Å². The Labute approximate surface area is 194 Å². The number of hydrogen-bond donors (Lipinski definition) is 4. The predicted octanol–water partition coefficient (Wildman–Crippen LogP) is 3.09. The Morgan fingerprint density at radius 3 is 2.53 bits per heavy atom. The van der Waals surface area contributed by atoms with Crippen molar-refractivity contribution >= 4 is 45.0 Å². The molecule has 4 rings (SSSR count). The number of halogens is 1. The first-order valence-corrected chi connectivity index (χ1v) is 10.9. The molecule has 0 bridgehead atoms. The predicted molar refractivity (Wildman–Crippen MR) is 124 cm³/mol. The molecule has 0 aliphatic heterocycles. The van der Waals surface area contributed by atoms with Crippen LogP contribution in [0.15, 0.2) is 54.6 Å². The molecule has 10 nitrogen and oxygen atoms in total. The van der Waals surface area contributed by atoms with E-state index in [1.807, 2.05) is 0 Å². The molecule has 0 fully saturated rings. The minimum Gasteiger partial charge on any atom is -0.497 e. The van der Waals surface area contributed by atoms with Gasteiger partial charge in [-0.05, 0) is 47.5 Å². The first-order valence-electron chi connectivity index (χ1n) is 9.79. The highest BCUT2D eigenvalue weighted by Crippen LogP contribution is 2.36. The quantitative estimate of drug-likeness (QED) is 0.278. The molecular formula is C22H19FN4O6S. The van der Waals surface area contributed by atoms with Crippen LogP contribution in [0.25, 0.3) is 22.0 Å². The third kappa shape index (κ3) is 4.43. The Hall–Kier alpha value is -4.32. The van der Waals surface area contributed by atoms with Crippen molar-refractivity contribution in [3.05, 3.63) is 60.4 Å². The molecular weight excluding hydrogens is 467 g/mol. The summed E-state index contributed by atoms with van der Waals surface area (Å²) in [6, 6.07) is 13.5. The van der Waals surface area contributed by atoms with E-state index in [1.54, 1.807) is 24.3 Å². The highest BCUT2D eigenvalue weighted by molar-refractivity contribution is 7.74. The second-order valence-corrected chi connectivity index (χ2v) is 7.98. The number of nitrogens with one attached hydrogen (secondary N) is 1. The highest BCUT2D eigenvalue weighted by atomic mass is 32.2. The summed E-state index contributed by atoms with van der Waals surface area (Å²) >= 11 is 0. The summed E-state index contributed by atoms with van der Waals surface area (Å²) in [4.78, 5) is 11.0. The van der Waals surface area contributed by atoms with Crippen molar-refractivity contribution in [2.75, 3.05) is 23.8 Å². The van der Waals surface area contributed by atoms with Gasteiger partial charge >= 0.3 is 5.97 Å². The third-order valence-electron chi connectivity index (χ3n) is 5.00. The summed E-state index contributed by atoms with van der Waals surface area (Å²) in [5.41, 5.74) is 7.72. The number of nitrogens with zero attached hydrogens (tertiary/aromatic N) is 2. The lowest BCUT2D eigenvalue weighted by Gasteiger charge is -2.19. The number of thiol groups is 1. The fraction of sp³-hybridized carbons (Fsp3) is 0.0909. The lowest BCUT2D eigenvalue weighted by molar-refractivity contribution is -0.139. The maximum Gasteiger partial charge on any atom is 0.341 e. The van der Waals surface area contributed by atoms with Gasteiger partial charge in [-0.25, -0.2) is 21.9 Å². The lowest BCUT2D eigenvalue weighted by atomic mass is 10.0. The molecule has 4 N–H and O–H groups in total. The molecule has 0 amide bonds. The number of hydrogen-bond acceptors (Lipinski definition) is 7. The summed E-state index contributed by atoms with van der Waals surface area (Å²) in [7, 11) is -1.82. The number of nitrogens with two attached hydrogens (primary N) is 1. The Morgan fingerprint density at radius 1 is 1.15 bits per heavy atom. The smallest absolute Gasteiger partial charge is 0.341 e. The van der Waals surface area contributed by atoms with Crippen molar-refractivity contribution in [1.82, 2.24) is 10.2 Å². The highest BCUT2D eigenvalue weighted by Gasteiger charge is 2.18. The average Bonchev–Trinajstić information content (AvgIpc) is 3.20. The number of methoxy groups -OCH3 is 1. The number of benzene rings is 3. The van der Waals surface area contributed by atoms with E-state index in [-0.39, 0.29) is 22.9 Å². The SMILES string of the molecule is COc1ccc(F)c(N(c2ccc(-c3cc(OCC(=O)O)c4c(N)n[nH]c4c3)cc2)[SH](=O)=O)c1. The number of aromatic nitrogens is 2. The van der Waals surface area contributed by atoms with Crippen LogP contribution in [0.5, 0.6) is 11.5 Å². The van der Waals surface area contributed by atoms with Gasteiger partial charge in [-0.15, -0.1) is 0 Å². The van der Waals surface area contributed by atoms with Gasteiger partial charge in [-0.3, -0.25) is 5.10 Å². The Morgan fingerprint density at radius 2 is 1.88 bits per heavy atom. The van der Waals surface area contributed by atoms with Crippen molar-refractivity contribution in [1.29, 1.82) is 0 Å².